The van der Waals surface area contributed by atoms with Gasteiger partial charge in [0.15, 0.2) is 0 Å². The fraction of sp³-hybridized carbons (Fsp3) is 0.455. The summed E-state index contributed by atoms with van der Waals surface area (Å²) in [5.74, 6) is -4.36. The number of phenols is 1. The van der Waals surface area contributed by atoms with E-state index in [-0.39, 0.29) is 24.1 Å². The molecule has 0 aromatic heterocycles. The fourth-order valence-electron chi connectivity index (χ4n) is 4.35. The maximum atomic E-state index is 13.3. The van der Waals surface area contributed by atoms with Gasteiger partial charge in [-0.1, -0.05) is 12.1 Å². The minimum Gasteiger partial charge on any atom is -0.508 e. The van der Waals surface area contributed by atoms with Crippen LogP contribution in [0.3, 0.4) is 0 Å². The number of carboxylic acids is 1. The summed E-state index contributed by atoms with van der Waals surface area (Å²) in [5.41, 5.74) is 4.01. The van der Waals surface area contributed by atoms with E-state index in [9.17, 15) is 39.0 Å². The molecule has 2 aliphatic heterocycles. The molecule has 8 N–H and O–H groups in total. The summed E-state index contributed by atoms with van der Waals surface area (Å²) in [6.07, 6.45) is -0.131. The third kappa shape index (κ3) is 4.79. The number of hydrogen-bond acceptors (Lipinski definition) is 9. The number of carboxylic acid groups (broad SMARTS) is 1. The Morgan fingerprint density at radius 2 is 1.81 bits per heavy atom. The van der Waals surface area contributed by atoms with Crippen molar-refractivity contribution in [2.24, 2.45) is 5.73 Å². The number of nitrogens with two attached hydrogens (primary N) is 1. The average Bonchev–Trinajstić information content (AvgIpc) is 3.06. The second kappa shape index (κ2) is 10.3. The number of fused-ring (bicyclic) bond motifs is 1. The smallest absolute Gasteiger partial charge is 0.352 e. The summed E-state index contributed by atoms with van der Waals surface area (Å²) in [4.78, 5) is 75.0. The van der Waals surface area contributed by atoms with Crippen molar-refractivity contribution in [3.8, 4) is 5.75 Å². The topological polar surface area (TPSA) is 220 Å². The minimum atomic E-state index is -2.03. The van der Waals surface area contributed by atoms with Crippen molar-refractivity contribution >= 4 is 47.8 Å². The van der Waals surface area contributed by atoms with Crippen LogP contribution < -0.4 is 27.0 Å². The summed E-state index contributed by atoms with van der Waals surface area (Å²) in [6.45, 7) is 3.11. The Hall–Kier alpha value is -3.85. The van der Waals surface area contributed by atoms with Gasteiger partial charge in [-0.25, -0.2) is 4.79 Å². The number of amides is 5. The molecule has 200 valence electrons. The molecule has 2 unspecified atom stereocenters. The predicted molar refractivity (Wildman–Crippen MR) is 129 cm³/mol. The summed E-state index contributed by atoms with van der Waals surface area (Å²) >= 11 is 1.09. The van der Waals surface area contributed by atoms with Crippen LogP contribution in [-0.2, 0) is 28.8 Å². The lowest BCUT2D eigenvalue weighted by atomic mass is 9.88. The second-order valence-electron chi connectivity index (χ2n) is 9.01. The third-order valence-electron chi connectivity index (χ3n) is 6.36. The quantitative estimate of drug-likeness (QED) is 0.125. The van der Waals surface area contributed by atoms with Crippen molar-refractivity contribution < 1.29 is 39.0 Å². The molecule has 5 atom stereocenters. The number of thioether (sulfide) groups is 1. The first kappa shape index (κ1) is 27.7. The van der Waals surface area contributed by atoms with Gasteiger partial charge in [-0.2, -0.15) is 0 Å². The lowest BCUT2D eigenvalue weighted by Crippen LogP contribution is -2.79. The third-order valence-corrected chi connectivity index (χ3v) is 7.97. The van der Waals surface area contributed by atoms with Crippen LogP contribution in [0, 0.1) is 0 Å². The molecule has 0 saturated carbocycles. The number of carbonyl (C=O) groups is 6. The zero-order valence-corrected chi connectivity index (χ0v) is 21.0. The molecule has 2 aliphatic rings. The van der Waals surface area contributed by atoms with Crippen molar-refractivity contribution in [2.45, 2.75) is 54.2 Å². The van der Waals surface area contributed by atoms with Crippen molar-refractivity contribution in [2.75, 3.05) is 7.05 Å². The predicted octanol–water partition coefficient (Wildman–Crippen LogP) is -2.28. The Morgan fingerprint density at radius 3 is 2.35 bits per heavy atom. The molecule has 1 aromatic carbocycles. The Balaban J connectivity index is 1.84. The van der Waals surface area contributed by atoms with Crippen LogP contribution >= 0.6 is 11.8 Å². The summed E-state index contributed by atoms with van der Waals surface area (Å²) in [7, 11) is 1.38. The van der Waals surface area contributed by atoms with Gasteiger partial charge in [0.2, 0.25) is 29.8 Å². The van der Waals surface area contributed by atoms with Crippen molar-refractivity contribution in [1.29, 1.82) is 0 Å². The van der Waals surface area contributed by atoms with E-state index >= 15 is 0 Å². The van der Waals surface area contributed by atoms with Gasteiger partial charge in [-0.3, -0.25) is 28.9 Å². The van der Waals surface area contributed by atoms with Crippen LogP contribution in [-0.4, -0.2) is 86.0 Å². The van der Waals surface area contributed by atoms with Crippen molar-refractivity contribution in [3.05, 3.63) is 29.8 Å². The molecule has 5 amide bonds. The highest BCUT2D eigenvalue weighted by Crippen LogP contribution is 2.55. The van der Waals surface area contributed by atoms with Gasteiger partial charge in [0.25, 0.3) is 5.91 Å². The van der Waals surface area contributed by atoms with E-state index < -0.39 is 63.5 Å². The van der Waals surface area contributed by atoms with Crippen LogP contribution in [0.2, 0.25) is 0 Å². The van der Waals surface area contributed by atoms with Gasteiger partial charge in [0, 0.05) is 7.05 Å². The molecule has 37 heavy (non-hydrogen) atoms. The molecule has 14 nitrogen and oxygen atoms in total. The second-order valence-corrected chi connectivity index (χ2v) is 10.7. The number of aromatic hydroxyl groups is 1. The molecule has 0 bridgehead atoms. The number of nitrogens with zero attached hydrogens (tertiary/aromatic N) is 1. The Bertz CT molecular complexity index is 1130. The number of β-lactam (4-membered cyclic amide) rings is 1. The van der Waals surface area contributed by atoms with Crippen LogP contribution in [0.5, 0.6) is 5.75 Å². The number of carbonyl (C=O) groups excluding carboxylic acids is 5. The largest absolute Gasteiger partial charge is 0.508 e. The van der Waals surface area contributed by atoms with E-state index in [4.69, 9.17) is 5.73 Å². The van der Waals surface area contributed by atoms with E-state index in [0.29, 0.717) is 0 Å². The van der Waals surface area contributed by atoms with Gasteiger partial charge in [0.1, 0.15) is 23.2 Å². The molecule has 2 heterocycles. The maximum absolute atomic E-state index is 13.3. The van der Waals surface area contributed by atoms with Gasteiger partial charge >= 0.3 is 5.97 Å². The monoisotopic (exact) mass is 536 g/mol. The van der Waals surface area contributed by atoms with E-state index in [2.05, 4.69) is 21.3 Å². The highest BCUT2D eigenvalue weighted by molar-refractivity contribution is 8.01. The van der Waals surface area contributed by atoms with Crippen LogP contribution in [0.25, 0.3) is 0 Å². The number of phenolic OH excluding ortho intramolecular Hbond substituents is 1. The Labute approximate surface area is 215 Å². The Kier molecular flexibility index (Phi) is 7.69. The molecular formula is C22H28N6O8S. The average molecular weight is 537 g/mol. The molecule has 2 fully saturated rings. The summed E-state index contributed by atoms with van der Waals surface area (Å²) in [6, 6.07) is 1.58. The van der Waals surface area contributed by atoms with E-state index in [1.807, 2.05) is 0 Å². The SMILES string of the molecule is CNC(=O)CC(N)C(=O)NC(C(=O)N[C@@H]1C(=O)N2[C@@H]1SC(C)(C)[C@]2(NC=O)C(=O)O)c1ccc(O)cc1. The first-order valence-corrected chi connectivity index (χ1v) is 12.0. The van der Waals surface area contributed by atoms with Gasteiger partial charge in [-0.05, 0) is 31.5 Å². The highest BCUT2D eigenvalue weighted by atomic mass is 32.2. The van der Waals surface area contributed by atoms with Crippen molar-refractivity contribution in [3.63, 3.8) is 0 Å². The first-order valence-electron chi connectivity index (χ1n) is 11.1. The Morgan fingerprint density at radius 1 is 1.19 bits per heavy atom. The lowest BCUT2D eigenvalue weighted by molar-refractivity contribution is -0.175. The maximum Gasteiger partial charge on any atom is 0.352 e. The number of hydrogen-bond donors (Lipinski definition) is 7. The fourth-order valence-corrected chi connectivity index (χ4v) is 6.06. The molecule has 3 rings (SSSR count). The van der Waals surface area contributed by atoms with Gasteiger partial charge in [-0.15, -0.1) is 11.8 Å². The molecule has 1 aromatic rings. The van der Waals surface area contributed by atoms with Crippen molar-refractivity contribution in [1.82, 2.24) is 26.2 Å². The van der Waals surface area contributed by atoms with E-state index in [1.54, 1.807) is 13.8 Å². The number of nitrogens with one attached hydrogen (secondary N) is 4. The minimum absolute atomic E-state index is 0.0901. The zero-order chi connectivity index (χ0) is 27.7. The summed E-state index contributed by atoms with van der Waals surface area (Å²) < 4.78 is -1.16. The van der Waals surface area contributed by atoms with Crippen LogP contribution in [0.4, 0.5) is 0 Å². The van der Waals surface area contributed by atoms with E-state index in [1.165, 1.54) is 31.3 Å². The lowest BCUT2D eigenvalue weighted by Gasteiger charge is -2.49. The molecule has 0 aliphatic carbocycles. The van der Waals surface area contributed by atoms with Crippen LogP contribution in [0.1, 0.15) is 31.9 Å². The number of aliphatic carboxylic acids is 1. The van der Waals surface area contributed by atoms with Gasteiger partial charge < -0.3 is 37.2 Å². The van der Waals surface area contributed by atoms with Crippen LogP contribution in [0.15, 0.2) is 24.3 Å². The first-order chi connectivity index (χ1) is 17.3. The zero-order valence-electron chi connectivity index (χ0n) is 20.2. The molecular weight excluding hydrogens is 508 g/mol. The molecule has 2 saturated heterocycles. The summed E-state index contributed by atoms with van der Waals surface area (Å²) in [5, 5.41) is 28.3. The van der Waals surface area contributed by atoms with Gasteiger partial charge in [0.05, 0.1) is 17.2 Å². The standard InChI is InChI=1S/C22H28N6O8S/c1-21(2)22(20(35)36,25-9-29)28-18(34)15(19(28)37-21)27-17(33)14(10-4-6-11(30)7-5-10)26-16(32)12(23)8-13(31)24-3/h4-7,9,12,14-15,19,30H,8,23H2,1-3H3,(H,24,31)(H,25,29)(H,26,32)(H,27,33)(H,35,36)/t12?,14?,15-,19-,22+/m1/s1. The molecule has 15 heteroatoms. The highest BCUT2D eigenvalue weighted by Gasteiger charge is 2.73. The molecule has 0 radical (unpaired) electrons. The number of benzene rings is 1. The van der Waals surface area contributed by atoms with E-state index in [0.717, 1.165) is 16.7 Å². The number of rotatable bonds is 10. The normalized spacial score (nSPS) is 25.1. The molecule has 0 spiro atoms.